The largest absolute Gasteiger partial charge is 0.244 e. The first-order chi connectivity index (χ1) is 12.1. The lowest BCUT2D eigenvalue weighted by atomic mass is 9.97. The number of hydrogen-bond donors (Lipinski definition) is 0. The van der Waals surface area contributed by atoms with Crippen molar-refractivity contribution in [3.05, 3.63) is 82.1 Å². The summed E-state index contributed by atoms with van der Waals surface area (Å²) in [5, 5.41) is 0.536. The summed E-state index contributed by atoms with van der Waals surface area (Å²) in [5.74, 6) is -0.897. The van der Waals surface area contributed by atoms with Crippen molar-refractivity contribution < 1.29 is 8.78 Å². The molecule has 4 aromatic rings. The van der Waals surface area contributed by atoms with Gasteiger partial charge < -0.3 is 0 Å². The molecule has 2 nitrogen and oxygen atoms in total. The summed E-state index contributed by atoms with van der Waals surface area (Å²) < 4.78 is 29.2. The highest BCUT2D eigenvalue weighted by Gasteiger charge is 2.18. The van der Waals surface area contributed by atoms with Crippen molar-refractivity contribution in [2.24, 2.45) is 0 Å². The van der Waals surface area contributed by atoms with Gasteiger partial charge in [0.1, 0.15) is 5.82 Å². The fraction of sp³-hybridized carbons (Fsp3) is 0.0526. The summed E-state index contributed by atoms with van der Waals surface area (Å²) in [4.78, 5) is 7.95. The third-order valence-corrected chi connectivity index (χ3v) is 4.95. The summed E-state index contributed by atoms with van der Waals surface area (Å²) in [5.41, 5.74) is 4.68. The molecule has 0 N–H and O–H groups in total. The minimum atomic E-state index is -0.554. The Kier molecular flexibility index (Phi) is 4.19. The summed E-state index contributed by atoms with van der Waals surface area (Å²) in [6.45, 7) is 0. The van der Waals surface area contributed by atoms with Crippen LogP contribution in [0.4, 0.5) is 8.78 Å². The van der Waals surface area contributed by atoms with Crippen molar-refractivity contribution in [3.63, 3.8) is 0 Å². The van der Waals surface area contributed by atoms with E-state index in [4.69, 9.17) is 11.6 Å². The molecule has 124 valence electrons. The number of nitrogens with zero attached hydrogens (tertiary/aromatic N) is 2. The molecule has 2 aromatic carbocycles. The minimum absolute atomic E-state index is 0.320. The van der Waals surface area contributed by atoms with Crippen molar-refractivity contribution in [1.82, 2.24) is 9.97 Å². The van der Waals surface area contributed by atoms with Crippen LogP contribution in [-0.2, 0) is 6.42 Å². The van der Waals surface area contributed by atoms with Crippen molar-refractivity contribution in [2.75, 3.05) is 0 Å². The monoisotopic (exact) mass is 372 g/mol. The molecular formula is C19H11ClF2N2S. The average molecular weight is 373 g/mol. The molecule has 0 aliphatic carbocycles. The number of rotatable bonds is 3. The number of thiazole rings is 1. The molecule has 2 aromatic heterocycles. The molecular weight excluding hydrogens is 362 g/mol. The maximum absolute atomic E-state index is 15.3. The quantitative estimate of drug-likeness (QED) is 0.419. The smallest absolute Gasteiger partial charge is 0.212 e. The standard InChI is InChI=1S/C19H11ClF2N2S/c20-14-3-1-2-12(7-14)17-18(22)13(8-15-19(17)24-10-25-15)6-11-4-5-16(21)23-9-11/h1-5,7-10H,6H2. The van der Waals surface area contributed by atoms with E-state index in [1.54, 1.807) is 35.8 Å². The highest BCUT2D eigenvalue weighted by Crippen LogP contribution is 2.36. The zero-order valence-corrected chi connectivity index (χ0v) is 14.4. The van der Waals surface area contributed by atoms with Gasteiger partial charge in [-0.2, -0.15) is 4.39 Å². The van der Waals surface area contributed by atoms with Crippen LogP contribution >= 0.6 is 22.9 Å². The Morgan fingerprint density at radius 2 is 1.92 bits per heavy atom. The van der Waals surface area contributed by atoms with E-state index in [1.807, 2.05) is 6.07 Å². The summed E-state index contributed by atoms with van der Waals surface area (Å²) >= 11 is 7.52. The van der Waals surface area contributed by atoms with Crippen LogP contribution in [0.15, 0.2) is 54.2 Å². The van der Waals surface area contributed by atoms with Crippen LogP contribution in [0.25, 0.3) is 21.3 Å². The highest BCUT2D eigenvalue weighted by atomic mass is 35.5. The van der Waals surface area contributed by atoms with Gasteiger partial charge in [-0.3, -0.25) is 0 Å². The lowest BCUT2D eigenvalue weighted by molar-refractivity contribution is 0.582. The lowest BCUT2D eigenvalue weighted by Gasteiger charge is -2.11. The minimum Gasteiger partial charge on any atom is -0.244 e. The number of fused-ring (bicyclic) bond motifs is 1. The molecule has 0 saturated carbocycles. The molecule has 0 spiro atoms. The lowest BCUT2D eigenvalue weighted by Crippen LogP contribution is -1.98. The van der Waals surface area contributed by atoms with E-state index in [9.17, 15) is 4.39 Å². The Labute approximate surface area is 151 Å². The predicted octanol–water partition coefficient (Wildman–Crippen LogP) is 5.88. The second-order valence-electron chi connectivity index (χ2n) is 5.60. The van der Waals surface area contributed by atoms with E-state index in [-0.39, 0.29) is 5.82 Å². The normalized spacial score (nSPS) is 11.2. The molecule has 2 heterocycles. The summed E-state index contributed by atoms with van der Waals surface area (Å²) in [7, 11) is 0. The van der Waals surface area contributed by atoms with Crippen LogP contribution in [0.1, 0.15) is 11.1 Å². The molecule has 0 aliphatic heterocycles. The zero-order chi connectivity index (χ0) is 17.4. The predicted molar refractivity (Wildman–Crippen MR) is 97.0 cm³/mol. The van der Waals surface area contributed by atoms with E-state index >= 15 is 4.39 Å². The molecule has 0 unspecified atom stereocenters. The van der Waals surface area contributed by atoms with Crippen molar-refractivity contribution in [1.29, 1.82) is 0 Å². The van der Waals surface area contributed by atoms with Crippen LogP contribution in [0, 0.1) is 11.8 Å². The Morgan fingerprint density at radius 3 is 2.68 bits per heavy atom. The molecule has 0 amide bonds. The van der Waals surface area contributed by atoms with Gasteiger partial charge in [-0.05, 0) is 41.0 Å². The van der Waals surface area contributed by atoms with Gasteiger partial charge in [0.25, 0.3) is 0 Å². The highest BCUT2D eigenvalue weighted by molar-refractivity contribution is 7.16. The van der Waals surface area contributed by atoms with E-state index < -0.39 is 5.95 Å². The summed E-state index contributed by atoms with van der Waals surface area (Å²) in [6.07, 6.45) is 1.74. The number of hydrogen-bond acceptors (Lipinski definition) is 3. The van der Waals surface area contributed by atoms with Gasteiger partial charge in [-0.15, -0.1) is 11.3 Å². The molecule has 4 rings (SSSR count). The number of pyridine rings is 1. The molecule has 0 saturated heterocycles. The van der Waals surface area contributed by atoms with Crippen LogP contribution < -0.4 is 0 Å². The topological polar surface area (TPSA) is 25.8 Å². The third kappa shape index (κ3) is 3.13. The molecule has 25 heavy (non-hydrogen) atoms. The van der Waals surface area contributed by atoms with Gasteiger partial charge in [0.2, 0.25) is 5.95 Å². The van der Waals surface area contributed by atoms with Gasteiger partial charge in [-0.25, -0.2) is 14.4 Å². The Morgan fingerprint density at radius 1 is 1.04 bits per heavy atom. The van der Waals surface area contributed by atoms with Crippen molar-refractivity contribution >= 4 is 33.2 Å². The van der Waals surface area contributed by atoms with Crippen LogP contribution in [-0.4, -0.2) is 9.97 Å². The first kappa shape index (κ1) is 16.1. The first-order valence-electron chi connectivity index (χ1n) is 7.53. The van der Waals surface area contributed by atoms with Gasteiger partial charge in [0.05, 0.1) is 15.7 Å². The van der Waals surface area contributed by atoms with Crippen molar-refractivity contribution in [3.8, 4) is 11.1 Å². The number of aromatic nitrogens is 2. The van der Waals surface area contributed by atoms with Crippen molar-refractivity contribution in [2.45, 2.75) is 6.42 Å². The van der Waals surface area contributed by atoms with E-state index in [2.05, 4.69) is 9.97 Å². The van der Waals surface area contributed by atoms with Gasteiger partial charge in [-0.1, -0.05) is 29.8 Å². The second kappa shape index (κ2) is 6.50. The number of halogens is 3. The van der Waals surface area contributed by atoms with E-state index in [0.29, 0.717) is 33.7 Å². The second-order valence-corrected chi connectivity index (χ2v) is 6.92. The van der Waals surface area contributed by atoms with Crippen LogP contribution in [0.2, 0.25) is 5.02 Å². The van der Waals surface area contributed by atoms with Gasteiger partial charge in [0.15, 0.2) is 0 Å². The molecule has 0 aliphatic rings. The van der Waals surface area contributed by atoms with E-state index in [0.717, 1.165) is 10.3 Å². The molecule has 0 fully saturated rings. The van der Waals surface area contributed by atoms with Gasteiger partial charge in [0, 0.05) is 23.2 Å². The average Bonchev–Trinajstić information content (AvgIpc) is 3.05. The Hall–Kier alpha value is -2.37. The van der Waals surface area contributed by atoms with E-state index in [1.165, 1.54) is 23.6 Å². The molecule has 0 atom stereocenters. The SMILES string of the molecule is Fc1ccc(Cc2cc3scnc3c(-c3cccc(Cl)c3)c2F)cn1. The first-order valence-corrected chi connectivity index (χ1v) is 8.78. The molecule has 0 bridgehead atoms. The fourth-order valence-corrected chi connectivity index (χ4v) is 3.74. The molecule has 6 heteroatoms. The number of benzene rings is 2. The summed E-state index contributed by atoms with van der Waals surface area (Å²) in [6, 6.07) is 11.7. The van der Waals surface area contributed by atoms with Gasteiger partial charge >= 0.3 is 0 Å². The Balaban J connectivity index is 1.88. The maximum atomic E-state index is 15.3. The fourth-order valence-electron chi connectivity index (χ4n) is 2.80. The zero-order valence-electron chi connectivity index (χ0n) is 12.8. The third-order valence-electron chi connectivity index (χ3n) is 3.93. The molecule has 0 radical (unpaired) electrons. The Bertz CT molecular complexity index is 1060. The van der Waals surface area contributed by atoms with Crippen LogP contribution in [0.5, 0.6) is 0 Å². The van der Waals surface area contributed by atoms with Crippen LogP contribution in [0.3, 0.4) is 0 Å². The maximum Gasteiger partial charge on any atom is 0.212 e.